The first-order valence-electron chi connectivity index (χ1n) is 4.95. The van der Waals surface area contributed by atoms with Crippen LogP contribution in [0.2, 0.25) is 0 Å². The van der Waals surface area contributed by atoms with Crippen molar-refractivity contribution in [3.05, 3.63) is 35.5 Å². The monoisotopic (exact) mass is 160 g/mol. The predicted molar refractivity (Wildman–Crippen MR) is 53.0 cm³/mol. The third kappa shape index (κ3) is 1.52. The van der Waals surface area contributed by atoms with E-state index in [1.165, 1.54) is 44.1 Å². The average molecular weight is 160 g/mol. The van der Waals surface area contributed by atoms with Crippen LogP contribution in [0.1, 0.15) is 38.5 Å². The quantitative estimate of drug-likeness (QED) is 0.577. The van der Waals surface area contributed by atoms with Crippen LogP contribution in [0.25, 0.3) is 0 Å². The molecule has 64 valence electrons. The van der Waals surface area contributed by atoms with E-state index in [0.29, 0.717) is 0 Å². The van der Waals surface area contributed by atoms with Gasteiger partial charge >= 0.3 is 0 Å². The minimum atomic E-state index is 1.28. The molecule has 0 atom stereocenters. The summed E-state index contributed by atoms with van der Waals surface area (Å²) in [6.07, 6.45) is 12.4. The van der Waals surface area contributed by atoms with E-state index < -0.39 is 0 Å². The van der Waals surface area contributed by atoms with Gasteiger partial charge < -0.3 is 0 Å². The van der Waals surface area contributed by atoms with Crippen LogP contribution < -0.4 is 0 Å². The number of allylic oxidation sites excluding steroid dienone is 5. The van der Waals surface area contributed by atoms with Crippen LogP contribution in [0, 0.1) is 0 Å². The lowest BCUT2D eigenvalue weighted by atomic mass is 9.93. The molecule has 0 amide bonds. The molecule has 0 radical (unpaired) electrons. The van der Waals surface area contributed by atoms with E-state index in [-0.39, 0.29) is 0 Å². The number of hydrogen-bond acceptors (Lipinski definition) is 0. The second-order valence-electron chi connectivity index (χ2n) is 3.70. The van der Waals surface area contributed by atoms with Crippen molar-refractivity contribution in [3.63, 3.8) is 0 Å². The van der Waals surface area contributed by atoms with E-state index in [1.807, 2.05) is 0 Å². The minimum absolute atomic E-state index is 1.28. The lowest BCUT2D eigenvalue weighted by molar-refractivity contribution is 0.708. The van der Waals surface area contributed by atoms with Crippen molar-refractivity contribution in [2.24, 2.45) is 0 Å². The molecule has 2 aliphatic carbocycles. The fourth-order valence-corrected chi connectivity index (χ4v) is 1.92. The standard InChI is InChI=1S/C12H16/c1-2-12(11-8-9-11)10-6-4-3-5-7-10/h2,6H,1,3-5,7-9H2. The molecule has 0 nitrogen and oxygen atoms in total. The van der Waals surface area contributed by atoms with Gasteiger partial charge in [-0.15, -0.1) is 0 Å². The van der Waals surface area contributed by atoms with Gasteiger partial charge in [0.25, 0.3) is 0 Å². The summed E-state index contributed by atoms with van der Waals surface area (Å²) in [5, 5.41) is 0. The molecule has 0 heterocycles. The number of hydrogen-bond donors (Lipinski definition) is 0. The summed E-state index contributed by atoms with van der Waals surface area (Å²) in [4.78, 5) is 0. The molecule has 0 N–H and O–H groups in total. The minimum Gasteiger partial charge on any atom is -0.0985 e. The zero-order valence-electron chi connectivity index (χ0n) is 7.60. The molecule has 0 aromatic rings. The fourth-order valence-electron chi connectivity index (χ4n) is 1.92. The van der Waals surface area contributed by atoms with Crippen LogP contribution in [0.5, 0.6) is 0 Å². The lowest BCUT2D eigenvalue weighted by Crippen LogP contribution is -1.93. The van der Waals surface area contributed by atoms with Crippen LogP contribution in [-0.2, 0) is 0 Å². The summed E-state index contributed by atoms with van der Waals surface area (Å²) in [6, 6.07) is 0. The number of rotatable bonds is 2. The largest absolute Gasteiger partial charge is 0.0985 e. The van der Waals surface area contributed by atoms with Gasteiger partial charge in [0, 0.05) is 0 Å². The summed E-state index contributed by atoms with van der Waals surface area (Å²) in [5.74, 6) is 0. The van der Waals surface area contributed by atoms with E-state index in [9.17, 15) is 0 Å². The molecule has 0 aromatic heterocycles. The average Bonchev–Trinajstić information content (AvgIpc) is 2.92. The van der Waals surface area contributed by atoms with Crippen molar-refractivity contribution in [1.82, 2.24) is 0 Å². The van der Waals surface area contributed by atoms with Crippen LogP contribution in [-0.4, -0.2) is 0 Å². The second kappa shape index (κ2) is 3.30. The van der Waals surface area contributed by atoms with Gasteiger partial charge in [0.2, 0.25) is 0 Å². The van der Waals surface area contributed by atoms with Gasteiger partial charge in [-0.25, -0.2) is 0 Å². The van der Waals surface area contributed by atoms with E-state index in [0.717, 1.165) is 0 Å². The fraction of sp³-hybridized carbons (Fsp3) is 0.500. The maximum atomic E-state index is 3.90. The maximum Gasteiger partial charge on any atom is -0.0241 e. The summed E-state index contributed by atoms with van der Waals surface area (Å²) < 4.78 is 0. The molecule has 0 aliphatic heterocycles. The lowest BCUT2D eigenvalue weighted by Gasteiger charge is -2.13. The smallest absolute Gasteiger partial charge is 0.0241 e. The molecule has 0 bridgehead atoms. The Morgan fingerprint density at radius 1 is 1.25 bits per heavy atom. The Labute approximate surface area is 74.7 Å². The molecule has 0 saturated heterocycles. The van der Waals surface area contributed by atoms with Crippen LogP contribution in [0.3, 0.4) is 0 Å². The molecular weight excluding hydrogens is 144 g/mol. The Balaban J connectivity index is 2.20. The second-order valence-corrected chi connectivity index (χ2v) is 3.70. The molecule has 0 aromatic carbocycles. The van der Waals surface area contributed by atoms with Crippen LogP contribution in [0.4, 0.5) is 0 Å². The van der Waals surface area contributed by atoms with Crippen molar-refractivity contribution >= 4 is 0 Å². The molecule has 2 rings (SSSR count). The van der Waals surface area contributed by atoms with Crippen LogP contribution in [0.15, 0.2) is 35.5 Å². The van der Waals surface area contributed by atoms with Crippen molar-refractivity contribution in [2.75, 3.05) is 0 Å². The molecule has 12 heavy (non-hydrogen) atoms. The van der Waals surface area contributed by atoms with Gasteiger partial charge in [0.1, 0.15) is 0 Å². The van der Waals surface area contributed by atoms with E-state index in [2.05, 4.69) is 18.7 Å². The molecule has 0 spiro atoms. The van der Waals surface area contributed by atoms with Gasteiger partial charge in [-0.05, 0) is 49.7 Å². The Hall–Kier alpha value is -0.780. The van der Waals surface area contributed by atoms with Gasteiger partial charge in [0.05, 0.1) is 0 Å². The van der Waals surface area contributed by atoms with Crippen molar-refractivity contribution < 1.29 is 0 Å². The van der Waals surface area contributed by atoms with Gasteiger partial charge in [-0.2, -0.15) is 0 Å². The summed E-state index contributed by atoms with van der Waals surface area (Å²) in [6.45, 7) is 3.90. The van der Waals surface area contributed by atoms with E-state index >= 15 is 0 Å². The van der Waals surface area contributed by atoms with E-state index in [1.54, 1.807) is 11.1 Å². The summed E-state index contributed by atoms with van der Waals surface area (Å²) in [7, 11) is 0. The predicted octanol–water partition coefficient (Wildman–Crippen LogP) is 3.76. The first-order chi connectivity index (χ1) is 5.92. The zero-order chi connectivity index (χ0) is 8.39. The Morgan fingerprint density at radius 2 is 2.08 bits per heavy atom. The summed E-state index contributed by atoms with van der Waals surface area (Å²) in [5.41, 5.74) is 4.69. The highest BCUT2D eigenvalue weighted by atomic mass is 14.2. The molecule has 2 aliphatic rings. The van der Waals surface area contributed by atoms with Gasteiger partial charge in [0.15, 0.2) is 0 Å². The molecular formula is C12H16. The normalized spacial score (nSPS) is 21.7. The first-order valence-corrected chi connectivity index (χ1v) is 4.95. The third-order valence-electron chi connectivity index (χ3n) is 2.72. The highest BCUT2D eigenvalue weighted by molar-refractivity contribution is 5.47. The van der Waals surface area contributed by atoms with Crippen molar-refractivity contribution in [1.29, 1.82) is 0 Å². The van der Waals surface area contributed by atoms with Crippen LogP contribution >= 0.6 is 0 Å². The SMILES string of the molecule is C=CC(C1=CCCCC1)=C1CC1. The van der Waals surface area contributed by atoms with Crippen molar-refractivity contribution in [2.45, 2.75) is 38.5 Å². The highest BCUT2D eigenvalue weighted by Crippen LogP contribution is 2.37. The third-order valence-corrected chi connectivity index (χ3v) is 2.72. The molecule has 1 saturated carbocycles. The Morgan fingerprint density at radius 3 is 2.58 bits per heavy atom. The highest BCUT2D eigenvalue weighted by Gasteiger charge is 2.18. The van der Waals surface area contributed by atoms with E-state index in [4.69, 9.17) is 0 Å². The Bertz CT molecular complexity index is 247. The van der Waals surface area contributed by atoms with Gasteiger partial charge in [-0.3, -0.25) is 0 Å². The molecule has 0 heteroatoms. The van der Waals surface area contributed by atoms with Gasteiger partial charge in [-0.1, -0.05) is 24.3 Å². The zero-order valence-corrected chi connectivity index (χ0v) is 7.60. The molecule has 0 unspecified atom stereocenters. The van der Waals surface area contributed by atoms with Crippen molar-refractivity contribution in [3.8, 4) is 0 Å². The Kier molecular flexibility index (Phi) is 2.16. The first kappa shape index (κ1) is 7.85. The maximum absolute atomic E-state index is 3.90. The summed E-state index contributed by atoms with van der Waals surface area (Å²) >= 11 is 0. The molecule has 1 fully saturated rings. The topological polar surface area (TPSA) is 0 Å².